The summed E-state index contributed by atoms with van der Waals surface area (Å²) in [6.07, 6.45) is 85.4. The molecule has 102 heavy (non-hydrogen) atoms. The number of hydrogen-bond acceptors (Lipinski definition) is 15. The largest absolute Gasteiger partial charge is 0.472 e. The maximum atomic E-state index is 13.1. The molecule has 0 aromatic heterocycles. The van der Waals surface area contributed by atoms with Crippen LogP contribution in [0.3, 0.4) is 0 Å². The van der Waals surface area contributed by atoms with Gasteiger partial charge in [-0.2, -0.15) is 0 Å². The normalized spacial score (nSPS) is 14.8. The van der Waals surface area contributed by atoms with E-state index in [2.05, 4.69) is 167 Å². The Morgan fingerprint density at radius 1 is 0.284 bits per heavy atom. The van der Waals surface area contributed by atoms with Gasteiger partial charge in [0.1, 0.15) is 19.3 Å². The fraction of sp³-hybridized carbons (Fsp3) is 0.639. The minimum absolute atomic E-state index is 0.0293. The van der Waals surface area contributed by atoms with Crippen molar-refractivity contribution in [3.63, 3.8) is 0 Å². The van der Waals surface area contributed by atoms with E-state index in [4.69, 9.17) is 37.0 Å². The second-order valence-corrected chi connectivity index (χ2v) is 28.1. The Labute approximate surface area is 617 Å². The van der Waals surface area contributed by atoms with Crippen LogP contribution in [0.15, 0.2) is 158 Å². The van der Waals surface area contributed by atoms with Crippen molar-refractivity contribution in [1.82, 2.24) is 0 Å². The van der Waals surface area contributed by atoms with Crippen LogP contribution in [-0.4, -0.2) is 96.7 Å². The van der Waals surface area contributed by atoms with Gasteiger partial charge < -0.3 is 33.8 Å². The first-order chi connectivity index (χ1) is 49.7. The molecule has 5 atom stereocenters. The molecule has 0 rings (SSSR count). The molecule has 0 aliphatic carbocycles. The van der Waals surface area contributed by atoms with Crippen molar-refractivity contribution in [1.29, 1.82) is 0 Å². The van der Waals surface area contributed by atoms with Crippen molar-refractivity contribution in [3.05, 3.63) is 158 Å². The molecule has 0 saturated carbocycles. The molecular formula is C83H136O17P2. The third kappa shape index (κ3) is 73.0. The zero-order valence-corrected chi connectivity index (χ0v) is 65.0. The summed E-state index contributed by atoms with van der Waals surface area (Å²) < 4.78 is 68.4. The topological polar surface area (TPSA) is 237 Å². The fourth-order valence-electron chi connectivity index (χ4n) is 9.62. The van der Waals surface area contributed by atoms with Crippen LogP contribution in [0.5, 0.6) is 0 Å². The average Bonchev–Trinajstić information content (AvgIpc) is 0.924. The lowest BCUT2D eigenvalue weighted by molar-refractivity contribution is -0.161. The van der Waals surface area contributed by atoms with Crippen molar-refractivity contribution in [3.8, 4) is 0 Å². The van der Waals surface area contributed by atoms with Gasteiger partial charge in [-0.05, 0) is 154 Å². The predicted octanol–water partition coefficient (Wildman–Crippen LogP) is 22.4. The van der Waals surface area contributed by atoms with E-state index in [1.54, 1.807) is 0 Å². The first-order valence-corrected chi connectivity index (χ1v) is 41.7. The molecule has 17 nitrogen and oxygen atoms in total. The van der Waals surface area contributed by atoms with E-state index in [0.29, 0.717) is 32.1 Å². The third-order valence-electron chi connectivity index (χ3n) is 15.5. The second-order valence-electron chi connectivity index (χ2n) is 25.2. The van der Waals surface area contributed by atoms with Crippen LogP contribution >= 0.6 is 15.6 Å². The molecule has 5 unspecified atom stereocenters. The number of carbonyl (C=O) groups is 4. The fourth-order valence-corrected chi connectivity index (χ4v) is 11.2. The number of ether oxygens (including phenoxy) is 4. The quantitative estimate of drug-likeness (QED) is 0.0169. The molecule has 0 saturated heterocycles. The summed E-state index contributed by atoms with van der Waals surface area (Å²) in [4.78, 5) is 72.9. The summed E-state index contributed by atoms with van der Waals surface area (Å²) in [5.74, 6) is -2.36. The van der Waals surface area contributed by atoms with E-state index in [0.717, 1.165) is 161 Å². The molecule has 19 heteroatoms. The number of phosphoric acid groups is 2. The van der Waals surface area contributed by atoms with Gasteiger partial charge in [0.2, 0.25) is 0 Å². The molecule has 3 N–H and O–H groups in total. The number of aliphatic hydroxyl groups excluding tert-OH is 1. The van der Waals surface area contributed by atoms with E-state index in [9.17, 15) is 43.2 Å². The maximum Gasteiger partial charge on any atom is 0.472 e. The van der Waals surface area contributed by atoms with Crippen molar-refractivity contribution in [2.24, 2.45) is 0 Å². The Balaban J connectivity index is 5.47. The number of allylic oxidation sites excluding steroid dienone is 26. The van der Waals surface area contributed by atoms with Gasteiger partial charge in [0.15, 0.2) is 12.2 Å². The van der Waals surface area contributed by atoms with Gasteiger partial charge in [0, 0.05) is 25.7 Å². The monoisotopic (exact) mass is 1470 g/mol. The third-order valence-corrected chi connectivity index (χ3v) is 17.4. The first kappa shape index (κ1) is 96.7. The van der Waals surface area contributed by atoms with Crippen LogP contribution in [0, 0.1) is 0 Å². The smallest absolute Gasteiger partial charge is 0.462 e. The van der Waals surface area contributed by atoms with E-state index in [-0.39, 0.29) is 25.7 Å². The van der Waals surface area contributed by atoms with E-state index < -0.39 is 97.5 Å². The van der Waals surface area contributed by atoms with Gasteiger partial charge in [-0.3, -0.25) is 37.3 Å². The van der Waals surface area contributed by atoms with Crippen molar-refractivity contribution >= 4 is 39.5 Å². The summed E-state index contributed by atoms with van der Waals surface area (Å²) in [7, 11) is -10.0. The summed E-state index contributed by atoms with van der Waals surface area (Å²) in [6, 6.07) is 0. The summed E-state index contributed by atoms with van der Waals surface area (Å²) in [5.41, 5.74) is 0. The van der Waals surface area contributed by atoms with Crippen LogP contribution in [-0.2, 0) is 65.4 Å². The number of hydrogen-bond donors (Lipinski definition) is 3. The molecular weight excluding hydrogens is 1330 g/mol. The zero-order chi connectivity index (χ0) is 74.6. The Morgan fingerprint density at radius 2 is 0.549 bits per heavy atom. The molecule has 0 heterocycles. The lowest BCUT2D eigenvalue weighted by atomic mass is 10.1. The highest BCUT2D eigenvalue weighted by Gasteiger charge is 2.30. The van der Waals surface area contributed by atoms with E-state index >= 15 is 0 Å². The molecule has 0 bridgehead atoms. The minimum atomic E-state index is -5.00. The molecule has 0 aliphatic rings. The molecule has 580 valence electrons. The van der Waals surface area contributed by atoms with Gasteiger partial charge in [0.25, 0.3) is 0 Å². The van der Waals surface area contributed by atoms with Crippen LogP contribution in [0.25, 0.3) is 0 Å². The van der Waals surface area contributed by atoms with E-state index in [1.165, 1.54) is 38.5 Å². The molecule has 0 aromatic rings. The van der Waals surface area contributed by atoms with Crippen LogP contribution < -0.4 is 0 Å². The maximum absolute atomic E-state index is 13.1. The lowest BCUT2D eigenvalue weighted by Crippen LogP contribution is -2.30. The Bertz CT molecular complexity index is 2550. The van der Waals surface area contributed by atoms with Crippen LogP contribution in [0.1, 0.15) is 285 Å². The number of aliphatic hydroxyl groups is 1. The number of phosphoric ester groups is 2. The standard InChI is InChI=1S/C83H136O17P2/c1-5-9-13-17-21-25-29-33-36-37-38-39-42-45-48-52-56-60-64-68-81(86)94-74-79(100-83(88)70-66-62-58-54-50-46-41-35-31-27-23-19-15-11-7-3)76-98-102(91,92)96-72-77(84)71-95-101(89,90)97-75-78(99-82(87)69-65-61-57-53-49-43-32-28-24-20-16-12-8-4)73-93-80(85)67-63-59-55-51-47-44-40-34-30-26-22-18-14-10-6-2/h9-10,13-14,16,20-22,25-26,28,32-36,38-41,45,47-48,51,56,60,77-79,84H,5-8,11-12,15,17-19,23-24,27,29-31,37,42-44,46,49-50,52-55,57-59,61-76H2,1-4H3,(H,89,90)(H,91,92)/b13-9-,14-10-,20-16-,25-21-,26-22-,32-28-,36-33-,39-38-,40-34-,41-35-,48-45-,51-47-,60-56-. The Kier molecular flexibility index (Phi) is 70.1. The predicted molar refractivity (Wildman–Crippen MR) is 417 cm³/mol. The summed E-state index contributed by atoms with van der Waals surface area (Å²) in [6.45, 7) is 4.40. The number of rotatable bonds is 71. The molecule has 0 fully saturated rings. The zero-order valence-electron chi connectivity index (χ0n) is 63.2. The Hall–Kier alpha value is -5.32. The highest BCUT2D eigenvalue weighted by molar-refractivity contribution is 7.47. The van der Waals surface area contributed by atoms with Gasteiger partial charge in [-0.1, -0.05) is 263 Å². The van der Waals surface area contributed by atoms with E-state index in [1.807, 2.05) is 18.2 Å². The van der Waals surface area contributed by atoms with Crippen molar-refractivity contribution < 1.29 is 80.2 Å². The van der Waals surface area contributed by atoms with Gasteiger partial charge >= 0.3 is 39.5 Å². The Morgan fingerprint density at radius 3 is 0.912 bits per heavy atom. The number of esters is 4. The summed E-state index contributed by atoms with van der Waals surface area (Å²) >= 11 is 0. The molecule has 0 amide bonds. The molecule has 0 aromatic carbocycles. The highest BCUT2D eigenvalue weighted by atomic mass is 31.2. The van der Waals surface area contributed by atoms with Gasteiger partial charge in [-0.25, -0.2) is 9.13 Å². The molecule has 0 aliphatic heterocycles. The number of carbonyl (C=O) groups excluding carboxylic acids is 4. The first-order valence-electron chi connectivity index (χ1n) is 38.7. The van der Waals surface area contributed by atoms with Gasteiger partial charge in [0.05, 0.1) is 26.4 Å². The van der Waals surface area contributed by atoms with Crippen molar-refractivity contribution in [2.45, 2.75) is 303 Å². The molecule has 0 spiro atoms. The lowest BCUT2D eigenvalue weighted by Gasteiger charge is -2.21. The van der Waals surface area contributed by atoms with Gasteiger partial charge in [-0.15, -0.1) is 0 Å². The average molecular weight is 1470 g/mol. The highest BCUT2D eigenvalue weighted by Crippen LogP contribution is 2.45. The van der Waals surface area contributed by atoms with Crippen molar-refractivity contribution in [2.75, 3.05) is 39.6 Å². The number of unbranched alkanes of at least 4 members (excludes halogenated alkanes) is 19. The molecule has 0 radical (unpaired) electrons. The van der Waals surface area contributed by atoms with Crippen LogP contribution in [0.4, 0.5) is 0 Å². The summed E-state index contributed by atoms with van der Waals surface area (Å²) in [5, 5.41) is 10.6. The SMILES string of the molecule is CC/C=C\C/C=C\C/C=C\C/C=C\C/C=C\C/C=C\CCC(=O)OCC(COP(=O)(O)OCC(O)COP(=O)(O)OCC(COC(=O)CCCC/C=C\C/C=C\C/C=C\C/C=C\CC)OC(=O)CCCCCCC/C=C\C/C=C\CCC)OC(=O)CCCCCCC/C=C\CCCCCCCC. The van der Waals surface area contributed by atoms with Crippen LogP contribution in [0.2, 0.25) is 0 Å². The minimum Gasteiger partial charge on any atom is -0.462 e. The second kappa shape index (κ2) is 74.0.